The molecule has 2 aromatic rings. The second-order valence-corrected chi connectivity index (χ2v) is 9.15. The molecule has 0 spiro atoms. The second kappa shape index (κ2) is 8.04. The Morgan fingerprint density at radius 1 is 1.15 bits per heavy atom. The van der Waals surface area contributed by atoms with E-state index in [4.69, 9.17) is 16.3 Å². The Labute approximate surface area is 171 Å². The summed E-state index contributed by atoms with van der Waals surface area (Å²) in [5.74, 6) is 0. The maximum absolute atomic E-state index is 6.39. The minimum Gasteiger partial charge on any atom is -0.385 e. The Kier molecular flexibility index (Phi) is 5.70. The van der Waals surface area contributed by atoms with E-state index in [0.29, 0.717) is 0 Å². The zero-order valence-electron chi connectivity index (χ0n) is 16.1. The lowest BCUT2D eigenvalue weighted by molar-refractivity contribution is 0.139. The number of rotatable bonds is 6. The van der Waals surface area contributed by atoms with Crippen molar-refractivity contribution in [3.8, 4) is 0 Å². The molecule has 2 aromatic carbocycles. The predicted octanol–water partition coefficient (Wildman–Crippen LogP) is 5.69. The van der Waals surface area contributed by atoms with Gasteiger partial charge in [0.25, 0.3) is 0 Å². The van der Waals surface area contributed by atoms with Crippen LogP contribution in [-0.4, -0.2) is 44.8 Å². The average molecular weight is 403 g/mol. The van der Waals surface area contributed by atoms with Crippen LogP contribution in [-0.2, 0) is 4.74 Å². The largest absolute Gasteiger partial charge is 0.385 e. The van der Waals surface area contributed by atoms with Gasteiger partial charge < -0.3 is 14.5 Å². The normalized spacial score (nSPS) is 22.0. The number of fused-ring (bicyclic) bond motifs is 2. The molecule has 0 radical (unpaired) electrons. The van der Waals surface area contributed by atoms with E-state index < -0.39 is 0 Å². The highest BCUT2D eigenvalue weighted by Crippen LogP contribution is 2.50. The summed E-state index contributed by atoms with van der Waals surface area (Å²) in [6.45, 7) is 7.49. The van der Waals surface area contributed by atoms with Gasteiger partial charge in [-0.3, -0.25) is 0 Å². The number of benzene rings is 2. The van der Waals surface area contributed by atoms with Gasteiger partial charge in [-0.25, -0.2) is 0 Å². The molecule has 144 valence electrons. The van der Waals surface area contributed by atoms with Crippen LogP contribution >= 0.6 is 23.4 Å². The average Bonchev–Trinajstić information content (AvgIpc) is 3.10. The topological polar surface area (TPSA) is 15.7 Å². The van der Waals surface area contributed by atoms with Gasteiger partial charge in [0, 0.05) is 47.0 Å². The van der Waals surface area contributed by atoms with Crippen molar-refractivity contribution >= 4 is 34.7 Å². The molecular weight excluding hydrogens is 376 g/mol. The van der Waals surface area contributed by atoms with E-state index in [2.05, 4.69) is 53.1 Å². The highest BCUT2D eigenvalue weighted by Gasteiger charge is 2.40. The molecule has 0 aromatic heterocycles. The highest BCUT2D eigenvalue weighted by atomic mass is 35.5. The van der Waals surface area contributed by atoms with Gasteiger partial charge >= 0.3 is 0 Å². The second-order valence-electron chi connectivity index (χ2n) is 7.63. The van der Waals surface area contributed by atoms with Gasteiger partial charge in [0.05, 0.1) is 11.4 Å². The maximum Gasteiger partial charge on any atom is 0.0567 e. The molecule has 2 aliphatic rings. The fourth-order valence-electron chi connectivity index (χ4n) is 4.34. The Balaban J connectivity index is 1.72. The van der Waals surface area contributed by atoms with Crippen molar-refractivity contribution in [3.05, 3.63) is 47.5 Å². The third-order valence-electron chi connectivity index (χ3n) is 5.88. The quantitative estimate of drug-likeness (QED) is 0.616. The minimum absolute atomic E-state index is 0.237. The van der Waals surface area contributed by atoms with Crippen molar-refractivity contribution in [1.29, 1.82) is 0 Å². The molecule has 3 nitrogen and oxygen atoms in total. The molecule has 0 bridgehead atoms. The number of para-hydroxylation sites is 1. The first-order valence-electron chi connectivity index (χ1n) is 9.69. The molecule has 0 amide bonds. The van der Waals surface area contributed by atoms with Crippen LogP contribution < -0.4 is 4.90 Å². The first kappa shape index (κ1) is 19.1. The molecule has 1 atom stereocenters. The lowest BCUT2D eigenvalue weighted by Gasteiger charge is -2.40. The molecule has 2 heterocycles. The van der Waals surface area contributed by atoms with Gasteiger partial charge in [-0.2, -0.15) is 0 Å². The zero-order valence-corrected chi connectivity index (χ0v) is 17.7. The monoisotopic (exact) mass is 402 g/mol. The summed E-state index contributed by atoms with van der Waals surface area (Å²) in [7, 11) is 1.81. The van der Waals surface area contributed by atoms with Gasteiger partial charge in [-0.05, 0) is 56.3 Å². The summed E-state index contributed by atoms with van der Waals surface area (Å²) < 4.78 is 5.48. The maximum atomic E-state index is 6.39. The van der Waals surface area contributed by atoms with Crippen LogP contribution in [0.1, 0.15) is 19.8 Å². The SMILES string of the molecule is CCN1CC[C@](CCOC)(CN2c3ccccc3Sc3ccc(Cl)cc32)C1. The Morgan fingerprint density at radius 3 is 2.74 bits per heavy atom. The molecular formula is C22H27ClN2OS. The van der Waals surface area contributed by atoms with Gasteiger partial charge in [0.15, 0.2) is 0 Å². The summed E-state index contributed by atoms with van der Waals surface area (Å²) in [6, 6.07) is 15.0. The van der Waals surface area contributed by atoms with Crippen LogP contribution in [0.5, 0.6) is 0 Å². The predicted molar refractivity (Wildman–Crippen MR) is 115 cm³/mol. The highest BCUT2D eigenvalue weighted by molar-refractivity contribution is 7.99. The molecule has 2 aliphatic heterocycles. The van der Waals surface area contributed by atoms with Crippen molar-refractivity contribution < 1.29 is 4.74 Å². The van der Waals surface area contributed by atoms with Crippen LogP contribution in [0.2, 0.25) is 5.02 Å². The summed E-state index contributed by atoms with van der Waals surface area (Å²) in [5.41, 5.74) is 2.77. The molecule has 1 fully saturated rings. The number of hydrogen-bond donors (Lipinski definition) is 0. The van der Waals surface area contributed by atoms with Crippen LogP contribution in [0.4, 0.5) is 11.4 Å². The number of methoxy groups -OCH3 is 1. The van der Waals surface area contributed by atoms with Crippen molar-refractivity contribution in [3.63, 3.8) is 0 Å². The van der Waals surface area contributed by atoms with Gasteiger partial charge in [-0.1, -0.05) is 42.4 Å². The van der Waals surface area contributed by atoms with Crippen LogP contribution in [0.25, 0.3) is 0 Å². The number of hydrogen-bond acceptors (Lipinski definition) is 4. The third kappa shape index (κ3) is 3.86. The summed E-state index contributed by atoms with van der Waals surface area (Å²) >= 11 is 8.22. The van der Waals surface area contributed by atoms with E-state index in [0.717, 1.165) is 37.7 Å². The molecule has 1 saturated heterocycles. The van der Waals surface area contributed by atoms with Crippen molar-refractivity contribution in [1.82, 2.24) is 4.90 Å². The summed E-state index contributed by atoms with van der Waals surface area (Å²) in [6.07, 6.45) is 2.30. The standard InChI is InChI=1S/C22H27ClN2OS/c1-3-24-12-10-22(15-24,11-13-26-2)16-25-18-6-4-5-7-20(18)27-21-9-8-17(23)14-19(21)25/h4-9,14H,3,10-13,15-16H2,1-2H3/t22-/m1/s1. The Morgan fingerprint density at radius 2 is 1.96 bits per heavy atom. The van der Waals surface area contributed by atoms with E-state index in [-0.39, 0.29) is 5.41 Å². The van der Waals surface area contributed by atoms with E-state index >= 15 is 0 Å². The Hall–Kier alpha value is -1.20. The van der Waals surface area contributed by atoms with E-state index in [9.17, 15) is 0 Å². The first-order chi connectivity index (χ1) is 13.1. The first-order valence-corrected chi connectivity index (χ1v) is 10.9. The fourth-order valence-corrected chi connectivity index (χ4v) is 5.58. The zero-order chi connectivity index (χ0) is 18.9. The number of halogens is 1. The van der Waals surface area contributed by atoms with E-state index in [1.54, 1.807) is 0 Å². The van der Waals surface area contributed by atoms with Gasteiger partial charge in [-0.15, -0.1) is 0 Å². The van der Waals surface area contributed by atoms with Crippen LogP contribution in [0, 0.1) is 5.41 Å². The molecule has 0 aliphatic carbocycles. The lowest BCUT2D eigenvalue weighted by Crippen LogP contribution is -2.39. The van der Waals surface area contributed by atoms with Gasteiger partial charge in [0.1, 0.15) is 0 Å². The lowest BCUT2D eigenvalue weighted by atomic mass is 9.82. The van der Waals surface area contributed by atoms with Crippen molar-refractivity contribution in [2.75, 3.05) is 44.8 Å². The minimum atomic E-state index is 0.237. The van der Waals surface area contributed by atoms with Crippen molar-refractivity contribution in [2.24, 2.45) is 5.41 Å². The number of ether oxygens (including phenoxy) is 1. The van der Waals surface area contributed by atoms with Crippen LogP contribution in [0.15, 0.2) is 52.3 Å². The van der Waals surface area contributed by atoms with Gasteiger partial charge in [0.2, 0.25) is 0 Å². The molecule has 4 rings (SSSR count). The van der Waals surface area contributed by atoms with Crippen LogP contribution in [0.3, 0.4) is 0 Å². The summed E-state index contributed by atoms with van der Waals surface area (Å²) in [4.78, 5) is 7.67. The van der Waals surface area contributed by atoms with E-state index in [1.807, 2.05) is 24.9 Å². The molecule has 0 saturated carbocycles. The smallest absolute Gasteiger partial charge is 0.0567 e. The molecule has 5 heteroatoms. The number of likely N-dealkylation sites (tertiary alicyclic amines) is 1. The molecule has 0 N–H and O–H groups in total. The third-order valence-corrected chi connectivity index (χ3v) is 7.25. The van der Waals surface area contributed by atoms with E-state index in [1.165, 1.54) is 34.1 Å². The van der Waals surface area contributed by atoms with Crippen molar-refractivity contribution in [2.45, 2.75) is 29.6 Å². The molecule has 0 unspecified atom stereocenters. The fraction of sp³-hybridized carbons (Fsp3) is 0.455. The number of anilines is 2. The number of nitrogens with zero attached hydrogens (tertiary/aromatic N) is 2. The Bertz CT molecular complexity index is 815. The summed E-state index contributed by atoms with van der Waals surface area (Å²) in [5, 5.41) is 0.797. The molecule has 27 heavy (non-hydrogen) atoms.